The Morgan fingerprint density at radius 3 is 2.58 bits per heavy atom. The molecule has 0 radical (unpaired) electrons. The SMILES string of the molecule is COc1ccccc1C1CCN(C(=O)Cc2c(F)cccc2F)C1. The Morgan fingerprint density at radius 2 is 1.88 bits per heavy atom. The van der Waals surface area contributed by atoms with Crippen LogP contribution in [0.5, 0.6) is 5.75 Å². The van der Waals surface area contributed by atoms with Gasteiger partial charge in [-0.1, -0.05) is 24.3 Å². The summed E-state index contributed by atoms with van der Waals surface area (Å²) < 4.78 is 32.8. The third kappa shape index (κ3) is 3.25. The van der Waals surface area contributed by atoms with Gasteiger partial charge in [0, 0.05) is 24.6 Å². The van der Waals surface area contributed by atoms with Crippen LogP contribution in [0.25, 0.3) is 0 Å². The molecule has 0 aliphatic carbocycles. The molecule has 1 unspecified atom stereocenters. The third-order valence-electron chi connectivity index (χ3n) is 4.51. The number of nitrogens with zero attached hydrogens (tertiary/aromatic N) is 1. The van der Waals surface area contributed by atoms with E-state index in [0.717, 1.165) is 17.7 Å². The molecule has 1 atom stereocenters. The van der Waals surface area contributed by atoms with E-state index < -0.39 is 11.6 Å². The number of hydrogen-bond donors (Lipinski definition) is 0. The molecule has 3 nitrogen and oxygen atoms in total. The molecular formula is C19H19F2NO2. The van der Waals surface area contributed by atoms with E-state index in [-0.39, 0.29) is 23.8 Å². The number of amides is 1. The number of carbonyl (C=O) groups is 1. The highest BCUT2D eigenvalue weighted by Gasteiger charge is 2.29. The predicted octanol–water partition coefficient (Wildman–Crippen LogP) is 3.53. The van der Waals surface area contributed by atoms with Crippen LogP contribution in [0.3, 0.4) is 0 Å². The van der Waals surface area contributed by atoms with E-state index >= 15 is 0 Å². The maximum Gasteiger partial charge on any atom is 0.227 e. The molecule has 126 valence electrons. The first kappa shape index (κ1) is 16.4. The first-order chi connectivity index (χ1) is 11.6. The molecule has 1 aliphatic heterocycles. The highest BCUT2D eigenvalue weighted by atomic mass is 19.1. The van der Waals surface area contributed by atoms with Crippen LogP contribution in [0, 0.1) is 11.6 Å². The summed E-state index contributed by atoms with van der Waals surface area (Å²) in [5.41, 5.74) is 0.899. The number of hydrogen-bond acceptors (Lipinski definition) is 2. The van der Waals surface area contributed by atoms with Gasteiger partial charge >= 0.3 is 0 Å². The summed E-state index contributed by atoms with van der Waals surface area (Å²) in [4.78, 5) is 14.1. The number of carbonyl (C=O) groups excluding carboxylic acids is 1. The van der Waals surface area contributed by atoms with Gasteiger partial charge in [0.2, 0.25) is 5.91 Å². The molecule has 1 aliphatic rings. The number of halogens is 2. The number of likely N-dealkylation sites (tertiary alicyclic amines) is 1. The summed E-state index contributed by atoms with van der Waals surface area (Å²) >= 11 is 0. The summed E-state index contributed by atoms with van der Waals surface area (Å²) in [7, 11) is 1.62. The number of methoxy groups -OCH3 is 1. The zero-order chi connectivity index (χ0) is 17.1. The van der Waals surface area contributed by atoms with E-state index in [4.69, 9.17) is 4.74 Å². The van der Waals surface area contributed by atoms with Crippen LogP contribution in [-0.4, -0.2) is 31.0 Å². The smallest absolute Gasteiger partial charge is 0.227 e. The monoisotopic (exact) mass is 331 g/mol. The number of para-hydroxylation sites is 1. The topological polar surface area (TPSA) is 29.5 Å². The van der Waals surface area contributed by atoms with E-state index in [9.17, 15) is 13.6 Å². The molecule has 5 heteroatoms. The second-order valence-electron chi connectivity index (χ2n) is 5.94. The Morgan fingerprint density at radius 1 is 1.17 bits per heavy atom. The minimum atomic E-state index is -0.677. The van der Waals surface area contributed by atoms with Gasteiger partial charge in [-0.05, 0) is 30.2 Å². The van der Waals surface area contributed by atoms with Gasteiger partial charge < -0.3 is 9.64 Å². The summed E-state index contributed by atoms with van der Waals surface area (Å²) in [6.45, 7) is 1.12. The Bertz CT molecular complexity index is 728. The molecule has 1 amide bonds. The zero-order valence-corrected chi connectivity index (χ0v) is 13.5. The molecule has 1 fully saturated rings. The highest BCUT2D eigenvalue weighted by molar-refractivity contribution is 5.79. The fourth-order valence-corrected chi connectivity index (χ4v) is 3.21. The van der Waals surface area contributed by atoms with Crippen molar-refractivity contribution < 1.29 is 18.3 Å². The van der Waals surface area contributed by atoms with Crippen LogP contribution in [-0.2, 0) is 11.2 Å². The molecule has 0 saturated carbocycles. The molecular weight excluding hydrogens is 312 g/mol. The van der Waals surface area contributed by atoms with Gasteiger partial charge in [0.25, 0.3) is 0 Å². The van der Waals surface area contributed by atoms with Gasteiger partial charge in [-0.25, -0.2) is 8.78 Å². The van der Waals surface area contributed by atoms with Crippen molar-refractivity contribution in [2.45, 2.75) is 18.8 Å². The van der Waals surface area contributed by atoms with Crippen molar-refractivity contribution in [3.05, 3.63) is 65.2 Å². The van der Waals surface area contributed by atoms with Gasteiger partial charge in [-0.2, -0.15) is 0 Å². The largest absolute Gasteiger partial charge is 0.496 e. The second-order valence-corrected chi connectivity index (χ2v) is 5.94. The molecule has 0 spiro atoms. The van der Waals surface area contributed by atoms with Crippen LogP contribution in [0.2, 0.25) is 0 Å². The predicted molar refractivity (Wildman–Crippen MR) is 87.0 cm³/mol. The molecule has 2 aromatic rings. The molecule has 24 heavy (non-hydrogen) atoms. The average Bonchev–Trinajstić information content (AvgIpc) is 3.08. The van der Waals surface area contributed by atoms with Crippen molar-refractivity contribution in [2.24, 2.45) is 0 Å². The van der Waals surface area contributed by atoms with Crippen LogP contribution in [0.4, 0.5) is 8.78 Å². The van der Waals surface area contributed by atoms with Crippen molar-refractivity contribution in [1.29, 1.82) is 0 Å². The highest BCUT2D eigenvalue weighted by Crippen LogP contribution is 2.33. The number of ether oxygens (including phenoxy) is 1. The maximum atomic E-state index is 13.7. The van der Waals surface area contributed by atoms with Crippen LogP contribution in [0.1, 0.15) is 23.5 Å². The fourth-order valence-electron chi connectivity index (χ4n) is 3.21. The summed E-state index contributed by atoms with van der Waals surface area (Å²) in [5, 5.41) is 0. The third-order valence-corrected chi connectivity index (χ3v) is 4.51. The Hall–Kier alpha value is -2.43. The van der Waals surface area contributed by atoms with Crippen LogP contribution >= 0.6 is 0 Å². The molecule has 1 heterocycles. The molecule has 0 N–H and O–H groups in total. The number of benzene rings is 2. The molecule has 2 aromatic carbocycles. The van der Waals surface area contributed by atoms with Crippen LogP contribution in [0.15, 0.2) is 42.5 Å². The van der Waals surface area contributed by atoms with E-state index in [1.807, 2.05) is 24.3 Å². The van der Waals surface area contributed by atoms with Crippen molar-refractivity contribution in [3.63, 3.8) is 0 Å². The number of rotatable bonds is 4. The maximum absolute atomic E-state index is 13.7. The summed E-state index contributed by atoms with van der Waals surface area (Å²) in [6.07, 6.45) is 0.559. The lowest BCUT2D eigenvalue weighted by molar-refractivity contribution is -0.129. The van der Waals surface area contributed by atoms with Gasteiger partial charge in [0.1, 0.15) is 17.4 Å². The first-order valence-corrected chi connectivity index (χ1v) is 7.93. The molecule has 0 aromatic heterocycles. The second kappa shape index (κ2) is 6.99. The Labute approximate surface area is 139 Å². The zero-order valence-electron chi connectivity index (χ0n) is 13.5. The van der Waals surface area contributed by atoms with E-state index in [1.165, 1.54) is 18.2 Å². The first-order valence-electron chi connectivity index (χ1n) is 7.93. The van der Waals surface area contributed by atoms with E-state index in [1.54, 1.807) is 12.0 Å². The van der Waals surface area contributed by atoms with Crippen molar-refractivity contribution in [1.82, 2.24) is 4.90 Å². The molecule has 3 rings (SSSR count). The molecule has 1 saturated heterocycles. The van der Waals surface area contributed by atoms with Gasteiger partial charge in [0.05, 0.1) is 13.5 Å². The lowest BCUT2D eigenvalue weighted by Gasteiger charge is -2.18. The fraction of sp³-hybridized carbons (Fsp3) is 0.316. The van der Waals surface area contributed by atoms with E-state index in [0.29, 0.717) is 13.1 Å². The minimum Gasteiger partial charge on any atom is -0.496 e. The van der Waals surface area contributed by atoms with Crippen molar-refractivity contribution in [3.8, 4) is 5.75 Å². The Balaban J connectivity index is 1.70. The van der Waals surface area contributed by atoms with Crippen molar-refractivity contribution >= 4 is 5.91 Å². The van der Waals surface area contributed by atoms with E-state index in [2.05, 4.69) is 0 Å². The van der Waals surface area contributed by atoms with Gasteiger partial charge in [0.15, 0.2) is 0 Å². The summed E-state index contributed by atoms with van der Waals surface area (Å²) in [6, 6.07) is 11.4. The molecule has 0 bridgehead atoms. The van der Waals surface area contributed by atoms with Crippen molar-refractivity contribution in [2.75, 3.05) is 20.2 Å². The normalized spacial score (nSPS) is 17.1. The van der Waals surface area contributed by atoms with Crippen LogP contribution < -0.4 is 4.74 Å². The Kier molecular flexibility index (Phi) is 4.79. The van der Waals surface area contributed by atoms with Gasteiger partial charge in [-0.15, -0.1) is 0 Å². The lowest BCUT2D eigenvalue weighted by atomic mass is 9.97. The quantitative estimate of drug-likeness (QED) is 0.858. The standard InChI is InChI=1S/C19H19F2NO2/c1-24-18-8-3-2-5-14(18)13-9-10-22(12-13)19(23)11-15-16(20)6-4-7-17(15)21/h2-8,13H,9-12H2,1H3. The lowest BCUT2D eigenvalue weighted by Crippen LogP contribution is -2.30. The average molecular weight is 331 g/mol. The summed E-state index contributed by atoms with van der Waals surface area (Å²) in [5.74, 6) is -0.628. The minimum absolute atomic E-state index is 0.164. The van der Waals surface area contributed by atoms with Gasteiger partial charge in [-0.3, -0.25) is 4.79 Å².